The largest absolute Gasteiger partial charge is 0.319 e. The van der Waals surface area contributed by atoms with E-state index in [0.717, 1.165) is 6.42 Å². The van der Waals surface area contributed by atoms with E-state index in [2.05, 4.69) is 17.0 Å². The minimum atomic E-state index is -3.23. The van der Waals surface area contributed by atoms with Gasteiger partial charge in [0.25, 0.3) is 0 Å². The van der Waals surface area contributed by atoms with Crippen molar-refractivity contribution in [3.63, 3.8) is 0 Å². The maximum Gasteiger partial charge on any atom is 0.233 e. The molecule has 16 heavy (non-hydrogen) atoms. The maximum atomic E-state index is 11.6. The van der Waals surface area contributed by atoms with Crippen molar-refractivity contribution in [3.05, 3.63) is 29.8 Å². The maximum absolute atomic E-state index is 11.6. The molecule has 5 heteroatoms. The summed E-state index contributed by atoms with van der Waals surface area (Å²) in [5.41, 5.74) is 1.81. The second-order valence-electron chi connectivity index (χ2n) is 3.57. The van der Waals surface area contributed by atoms with Crippen LogP contribution in [0.2, 0.25) is 0 Å². The van der Waals surface area contributed by atoms with Gasteiger partial charge >= 0.3 is 0 Å². The first-order valence-electron chi connectivity index (χ1n) is 5.31. The van der Waals surface area contributed by atoms with Gasteiger partial charge in [-0.25, -0.2) is 8.42 Å². The average molecular weight is 242 g/mol. The van der Waals surface area contributed by atoms with Crippen molar-refractivity contribution in [2.24, 2.45) is 0 Å². The standard InChI is InChI=1S/C11H18N2O2S/c1-3-10-4-6-11(7-5-10)13-16(14,15)9-8-12-2/h4-7,12-13H,3,8-9H2,1-2H3. The third-order valence-corrected chi connectivity index (χ3v) is 3.54. The van der Waals surface area contributed by atoms with Crippen LogP contribution in [0.25, 0.3) is 0 Å². The molecule has 0 fully saturated rings. The highest BCUT2D eigenvalue weighted by molar-refractivity contribution is 7.92. The van der Waals surface area contributed by atoms with Gasteiger partial charge in [0.05, 0.1) is 5.75 Å². The second-order valence-corrected chi connectivity index (χ2v) is 5.42. The monoisotopic (exact) mass is 242 g/mol. The molecule has 0 spiro atoms. The van der Waals surface area contributed by atoms with Crippen LogP contribution < -0.4 is 10.0 Å². The Morgan fingerprint density at radius 1 is 1.19 bits per heavy atom. The highest BCUT2D eigenvalue weighted by Gasteiger charge is 2.08. The van der Waals surface area contributed by atoms with Crippen LogP contribution >= 0.6 is 0 Å². The summed E-state index contributed by atoms with van der Waals surface area (Å²) in [7, 11) is -1.50. The summed E-state index contributed by atoms with van der Waals surface area (Å²) in [6, 6.07) is 7.43. The number of sulfonamides is 1. The van der Waals surface area contributed by atoms with Crippen molar-refractivity contribution >= 4 is 15.7 Å². The zero-order valence-electron chi connectivity index (χ0n) is 9.66. The Morgan fingerprint density at radius 2 is 1.81 bits per heavy atom. The highest BCUT2D eigenvalue weighted by Crippen LogP contribution is 2.11. The summed E-state index contributed by atoms with van der Waals surface area (Å²) >= 11 is 0. The molecule has 0 amide bonds. The van der Waals surface area contributed by atoms with Crippen LogP contribution in [0.4, 0.5) is 5.69 Å². The van der Waals surface area contributed by atoms with Gasteiger partial charge in [0.2, 0.25) is 10.0 Å². The molecule has 0 aliphatic heterocycles. The molecule has 0 aliphatic rings. The summed E-state index contributed by atoms with van der Waals surface area (Å²) in [5, 5.41) is 2.81. The van der Waals surface area contributed by atoms with E-state index in [-0.39, 0.29) is 5.75 Å². The van der Waals surface area contributed by atoms with Crippen LogP contribution in [-0.2, 0) is 16.4 Å². The summed E-state index contributed by atoms with van der Waals surface area (Å²) in [5.74, 6) is 0.0824. The van der Waals surface area contributed by atoms with Crippen LogP contribution in [0.5, 0.6) is 0 Å². The normalized spacial score (nSPS) is 11.4. The highest BCUT2D eigenvalue weighted by atomic mass is 32.2. The average Bonchev–Trinajstić information content (AvgIpc) is 2.27. The lowest BCUT2D eigenvalue weighted by Gasteiger charge is -2.08. The van der Waals surface area contributed by atoms with E-state index in [9.17, 15) is 8.42 Å². The van der Waals surface area contributed by atoms with Crippen molar-refractivity contribution in [2.45, 2.75) is 13.3 Å². The van der Waals surface area contributed by atoms with Gasteiger partial charge in [0.15, 0.2) is 0 Å². The van der Waals surface area contributed by atoms with Crippen LogP contribution in [-0.4, -0.2) is 27.8 Å². The molecule has 0 saturated carbocycles. The summed E-state index contributed by atoms with van der Waals surface area (Å²) in [4.78, 5) is 0. The quantitative estimate of drug-likeness (QED) is 0.788. The van der Waals surface area contributed by atoms with Gasteiger partial charge in [0.1, 0.15) is 0 Å². The van der Waals surface area contributed by atoms with E-state index < -0.39 is 10.0 Å². The van der Waals surface area contributed by atoms with Crippen LogP contribution in [0.3, 0.4) is 0 Å². The van der Waals surface area contributed by atoms with E-state index in [0.29, 0.717) is 12.2 Å². The number of benzene rings is 1. The van der Waals surface area contributed by atoms with E-state index in [1.165, 1.54) is 5.56 Å². The van der Waals surface area contributed by atoms with Gasteiger partial charge < -0.3 is 5.32 Å². The van der Waals surface area contributed by atoms with Crippen molar-refractivity contribution in [2.75, 3.05) is 24.1 Å². The molecule has 0 radical (unpaired) electrons. The third-order valence-electron chi connectivity index (χ3n) is 2.26. The topological polar surface area (TPSA) is 58.2 Å². The summed E-state index contributed by atoms with van der Waals surface area (Å²) in [6.07, 6.45) is 0.951. The SMILES string of the molecule is CCc1ccc(NS(=O)(=O)CCNC)cc1. The van der Waals surface area contributed by atoms with Crippen molar-refractivity contribution in [3.8, 4) is 0 Å². The van der Waals surface area contributed by atoms with Gasteiger partial charge in [-0.05, 0) is 31.2 Å². The molecule has 2 N–H and O–H groups in total. The Labute approximate surface area is 97.1 Å². The number of anilines is 1. The predicted octanol–water partition coefficient (Wildman–Crippen LogP) is 1.21. The lowest BCUT2D eigenvalue weighted by molar-refractivity contribution is 0.599. The Kier molecular flexibility index (Phi) is 4.76. The van der Waals surface area contributed by atoms with Gasteiger partial charge in [-0.1, -0.05) is 19.1 Å². The molecule has 4 nitrogen and oxygen atoms in total. The Balaban J connectivity index is 2.65. The molecule has 1 aromatic carbocycles. The van der Waals surface area contributed by atoms with E-state index in [4.69, 9.17) is 0 Å². The van der Waals surface area contributed by atoms with Crippen molar-refractivity contribution in [1.29, 1.82) is 0 Å². The second kappa shape index (κ2) is 5.86. The Hall–Kier alpha value is -1.07. The molecular formula is C11H18N2O2S. The molecule has 0 atom stereocenters. The lowest BCUT2D eigenvalue weighted by Crippen LogP contribution is -2.24. The Bertz CT molecular complexity index is 412. The summed E-state index contributed by atoms with van der Waals surface area (Å²) in [6.45, 7) is 2.51. The molecule has 1 aromatic rings. The fourth-order valence-electron chi connectivity index (χ4n) is 1.28. The van der Waals surface area contributed by atoms with Gasteiger partial charge in [0, 0.05) is 12.2 Å². The molecule has 0 saturated heterocycles. The zero-order chi connectivity index (χ0) is 12.0. The van der Waals surface area contributed by atoms with E-state index in [1.807, 2.05) is 12.1 Å². The van der Waals surface area contributed by atoms with E-state index in [1.54, 1.807) is 19.2 Å². The minimum absolute atomic E-state index is 0.0824. The first kappa shape index (κ1) is 13.0. The lowest BCUT2D eigenvalue weighted by atomic mass is 10.2. The molecule has 0 heterocycles. The number of nitrogens with one attached hydrogen (secondary N) is 2. The number of rotatable bonds is 6. The van der Waals surface area contributed by atoms with Crippen molar-refractivity contribution < 1.29 is 8.42 Å². The predicted molar refractivity (Wildman–Crippen MR) is 67.2 cm³/mol. The van der Waals surface area contributed by atoms with Gasteiger partial charge in [-0.15, -0.1) is 0 Å². The molecule has 0 unspecified atom stereocenters. The van der Waals surface area contributed by atoms with Crippen molar-refractivity contribution in [1.82, 2.24) is 5.32 Å². The number of hydrogen-bond acceptors (Lipinski definition) is 3. The minimum Gasteiger partial charge on any atom is -0.319 e. The molecule has 0 bridgehead atoms. The molecular weight excluding hydrogens is 224 g/mol. The molecule has 90 valence electrons. The summed E-state index contributed by atoms with van der Waals surface area (Å²) < 4.78 is 25.7. The van der Waals surface area contributed by atoms with Gasteiger partial charge in [-0.2, -0.15) is 0 Å². The van der Waals surface area contributed by atoms with Gasteiger partial charge in [-0.3, -0.25) is 4.72 Å². The number of hydrogen-bond donors (Lipinski definition) is 2. The fourth-order valence-corrected chi connectivity index (χ4v) is 2.35. The van der Waals surface area contributed by atoms with E-state index >= 15 is 0 Å². The first-order chi connectivity index (χ1) is 7.57. The zero-order valence-corrected chi connectivity index (χ0v) is 10.5. The third kappa shape index (κ3) is 4.20. The molecule has 0 aliphatic carbocycles. The molecule has 0 aromatic heterocycles. The van der Waals surface area contributed by atoms with Crippen LogP contribution in [0.15, 0.2) is 24.3 Å². The fraction of sp³-hybridized carbons (Fsp3) is 0.455. The number of aryl methyl sites for hydroxylation is 1. The first-order valence-corrected chi connectivity index (χ1v) is 6.96. The smallest absolute Gasteiger partial charge is 0.233 e. The Morgan fingerprint density at radius 3 is 2.31 bits per heavy atom. The van der Waals surface area contributed by atoms with Crippen LogP contribution in [0, 0.1) is 0 Å². The van der Waals surface area contributed by atoms with Crippen LogP contribution in [0.1, 0.15) is 12.5 Å². The molecule has 1 rings (SSSR count).